The van der Waals surface area contributed by atoms with Gasteiger partial charge in [0.05, 0.1) is 12.0 Å². The molecule has 0 aliphatic carbocycles. The number of benzene rings is 1. The molecule has 20 heavy (non-hydrogen) atoms. The highest BCUT2D eigenvalue weighted by molar-refractivity contribution is 7.98. The van der Waals surface area contributed by atoms with Gasteiger partial charge in [-0.05, 0) is 45.2 Å². The molecule has 2 N–H and O–H groups in total. The number of hydrogen-bond donors (Lipinski definition) is 2. The molecule has 0 spiro atoms. The first kappa shape index (κ1) is 17.1. The molecule has 4 nitrogen and oxygen atoms in total. The van der Waals surface area contributed by atoms with E-state index in [0.29, 0.717) is 6.54 Å². The largest absolute Gasteiger partial charge is 0.496 e. The predicted octanol–water partition coefficient (Wildman–Crippen LogP) is 2.54. The zero-order valence-electron chi connectivity index (χ0n) is 12.9. The SMILES string of the molecule is COc1ccc(OCC(O)CNC(C)(C)C)cc1SC. The van der Waals surface area contributed by atoms with Crippen LogP contribution in [0.1, 0.15) is 20.8 Å². The van der Waals surface area contributed by atoms with Crippen molar-refractivity contribution in [1.29, 1.82) is 0 Å². The molecule has 0 amide bonds. The summed E-state index contributed by atoms with van der Waals surface area (Å²) in [6.07, 6.45) is 1.46. The normalized spacial score (nSPS) is 13.1. The van der Waals surface area contributed by atoms with E-state index in [9.17, 15) is 5.11 Å². The summed E-state index contributed by atoms with van der Waals surface area (Å²) < 4.78 is 10.9. The van der Waals surface area contributed by atoms with Gasteiger partial charge in [0.2, 0.25) is 0 Å². The van der Waals surface area contributed by atoms with Gasteiger partial charge in [0.15, 0.2) is 0 Å². The Morgan fingerprint density at radius 3 is 2.60 bits per heavy atom. The van der Waals surface area contributed by atoms with E-state index < -0.39 is 6.10 Å². The van der Waals surface area contributed by atoms with Crippen molar-refractivity contribution in [2.24, 2.45) is 0 Å². The number of thioether (sulfide) groups is 1. The van der Waals surface area contributed by atoms with E-state index in [1.165, 1.54) is 0 Å². The molecule has 0 saturated carbocycles. The van der Waals surface area contributed by atoms with Crippen LogP contribution in [0.2, 0.25) is 0 Å². The van der Waals surface area contributed by atoms with Gasteiger partial charge in [-0.2, -0.15) is 0 Å². The highest BCUT2D eigenvalue weighted by Crippen LogP contribution is 2.31. The Kier molecular flexibility index (Phi) is 6.65. The van der Waals surface area contributed by atoms with Crippen molar-refractivity contribution in [3.63, 3.8) is 0 Å². The molecule has 0 fully saturated rings. The van der Waals surface area contributed by atoms with Crippen LogP contribution in [-0.4, -0.2) is 43.3 Å². The smallest absolute Gasteiger partial charge is 0.132 e. The summed E-state index contributed by atoms with van der Waals surface area (Å²) in [6.45, 7) is 6.97. The van der Waals surface area contributed by atoms with Crippen LogP contribution in [0.3, 0.4) is 0 Å². The molecule has 1 unspecified atom stereocenters. The van der Waals surface area contributed by atoms with E-state index >= 15 is 0 Å². The lowest BCUT2D eigenvalue weighted by Gasteiger charge is -2.23. The van der Waals surface area contributed by atoms with Crippen molar-refractivity contribution in [2.75, 3.05) is 26.5 Å². The average molecular weight is 299 g/mol. The van der Waals surface area contributed by atoms with Crippen LogP contribution in [-0.2, 0) is 0 Å². The summed E-state index contributed by atoms with van der Waals surface area (Å²) >= 11 is 1.60. The fourth-order valence-electron chi connectivity index (χ4n) is 1.58. The predicted molar refractivity (Wildman–Crippen MR) is 84.0 cm³/mol. The molecule has 0 aromatic heterocycles. The van der Waals surface area contributed by atoms with E-state index in [4.69, 9.17) is 9.47 Å². The van der Waals surface area contributed by atoms with Crippen molar-refractivity contribution in [1.82, 2.24) is 5.32 Å². The van der Waals surface area contributed by atoms with Gasteiger partial charge in [-0.1, -0.05) is 0 Å². The molecule has 0 heterocycles. The Labute approximate surface area is 125 Å². The summed E-state index contributed by atoms with van der Waals surface area (Å²) in [6, 6.07) is 5.65. The van der Waals surface area contributed by atoms with E-state index in [2.05, 4.69) is 26.1 Å². The standard InChI is InChI=1S/C15H25NO3S/c1-15(2,3)16-9-11(17)10-19-12-6-7-13(18-4)14(8-12)20-5/h6-8,11,16-17H,9-10H2,1-5H3. The summed E-state index contributed by atoms with van der Waals surface area (Å²) in [5, 5.41) is 13.1. The van der Waals surface area contributed by atoms with Crippen molar-refractivity contribution in [3.8, 4) is 11.5 Å². The molecule has 1 rings (SSSR count). The van der Waals surface area contributed by atoms with Crippen LogP contribution in [0.15, 0.2) is 23.1 Å². The Morgan fingerprint density at radius 1 is 1.35 bits per heavy atom. The van der Waals surface area contributed by atoms with Crippen LogP contribution in [0, 0.1) is 0 Å². The van der Waals surface area contributed by atoms with Crippen molar-refractivity contribution in [2.45, 2.75) is 37.3 Å². The number of aliphatic hydroxyl groups is 1. The lowest BCUT2D eigenvalue weighted by atomic mass is 10.1. The minimum Gasteiger partial charge on any atom is -0.496 e. The van der Waals surface area contributed by atoms with Gasteiger partial charge in [-0.25, -0.2) is 0 Å². The minimum atomic E-state index is -0.533. The lowest BCUT2D eigenvalue weighted by Crippen LogP contribution is -2.42. The number of ether oxygens (including phenoxy) is 2. The van der Waals surface area contributed by atoms with Gasteiger partial charge in [-0.3, -0.25) is 0 Å². The monoisotopic (exact) mass is 299 g/mol. The number of methoxy groups -OCH3 is 1. The summed E-state index contributed by atoms with van der Waals surface area (Å²) in [5.41, 5.74) is -0.00683. The van der Waals surface area contributed by atoms with Gasteiger partial charge in [0, 0.05) is 12.1 Å². The third-order valence-electron chi connectivity index (χ3n) is 2.67. The number of hydrogen-bond acceptors (Lipinski definition) is 5. The van der Waals surface area contributed by atoms with Gasteiger partial charge in [0.1, 0.15) is 24.2 Å². The molecule has 0 aliphatic rings. The lowest BCUT2D eigenvalue weighted by molar-refractivity contribution is 0.0999. The second-order valence-corrected chi connectivity index (χ2v) is 6.46. The van der Waals surface area contributed by atoms with Crippen molar-refractivity contribution >= 4 is 11.8 Å². The molecular weight excluding hydrogens is 274 g/mol. The van der Waals surface area contributed by atoms with E-state index in [1.807, 2.05) is 24.5 Å². The second-order valence-electron chi connectivity index (χ2n) is 5.61. The van der Waals surface area contributed by atoms with Gasteiger partial charge < -0.3 is 19.9 Å². The molecule has 1 atom stereocenters. The first-order valence-electron chi connectivity index (χ1n) is 6.63. The Bertz CT molecular complexity index is 418. The molecule has 1 aromatic rings. The number of β-amino-alcohol motifs (C(OH)–C–C–N with tert-alkyl or cyclic N) is 1. The van der Waals surface area contributed by atoms with Crippen molar-refractivity contribution < 1.29 is 14.6 Å². The van der Waals surface area contributed by atoms with E-state index in [0.717, 1.165) is 16.4 Å². The Balaban J connectivity index is 2.49. The number of nitrogens with one attached hydrogen (secondary N) is 1. The highest BCUT2D eigenvalue weighted by Gasteiger charge is 2.13. The zero-order valence-corrected chi connectivity index (χ0v) is 13.7. The van der Waals surface area contributed by atoms with Crippen LogP contribution < -0.4 is 14.8 Å². The molecular formula is C15H25NO3S. The average Bonchev–Trinajstić information content (AvgIpc) is 2.41. The molecule has 0 aliphatic heterocycles. The summed E-state index contributed by atoms with van der Waals surface area (Å²) in [4.78, 5) is 1.02. The molecule has 0 saturated heterocycles. The summed E-state index contributed by atoms with van der Waals surface area (Å²) in [7, 11) is 1.65. The van der Waals surface area contributed by atoms with Gasteiger partial charge >= 0.3 is 0 Å². The quantitative estimate of drug-likeness (QED) is 0.758. The Morgan fingerprint density at radius 2 is 2.05 bits per heavy atom. The third kappa shape index (κ3) is 6.03. The third-order valence-corrected chi connectivity index (χ3v) is 3.42. The molecule has 5 heteroatoms. The molecule has 0 radical (unpaired) electrons. The van der Waals surface area contributed by atoms with Crippen LogP contribution >= 0.6 is 11.8 Å². The van der Waals surface area contributed by atoms with Crippen LogP contribution in [0.25, 0.3) is 0 Å². The first-order valence-corrected chi connectivity index (χ1v) is 7.86. The fourth-order valence-corrected chi connectivity index (χ4v) is 2.17. The van der Waals surface area contributed by atoms with Crippen LogP contribution in [0.4, 0.5) is 0 Å². The molecule has 0 bridgehead atoms. The number of aliphatic hydroxyl groups excluding tert-OH is 1. The maximum atomic E-state index is 9.88. The molecule has 1 aromatic carbocycles. The fraction of sp³-hybridized carbons (Fsp3) is 0.600. The number of rotatable bonds is 7. The van der Waals surface area contributed by atoms with Crippen LogP contribution in [0.5, 0.6) is 11.5 Å². The van der Waals surface area contributed by atoms with Crippen molar-refractivity contribution in [3.05, 3.63) is 18.2 Å². The molecule has 114 valence electrons. The minimum absolute atomic E-state index is 0.00683. The summed E-state index contributed by atoms with van der Waals surface area (Å²) in [5.74, 6) is 1.57. The topological polar surface area (TPSA) is 50.7 Å². The zero-order chi connectivity index (χ0) is 15.2. The van der Waals surface area contributed by atoms with E-state index in [1.54, 1.807) is 18.9 Å². The maximum absolute atomic E-state index is 9.88. The maximum Gasteiger partial charge on any atom is 0.132 e. The highest BCUT2D eigenvalue weighted by atomic mass is 32.2. The van der Waals surface area contributed by atoms with E-state index in [-0.39, 0.29) is 12.1 Å². The van der Waals surface area contributed by atoms with Gasteiger partial charge in [-0.15, -0.1) is 11.8 Å². The first-order chi connectivity index (χ1) is 9.35. The van der Waals surface area contributed by atoms with Gasteiger partial charge in [0.25, 0.3) is 0 Å². The Hall–Kier alpha value is -0.910. The second kappa shape index (κ2) is 7.76.